The first-order chi connectivity index (χ1) is 9.00. The molecule has 1 N–H and O–H groups in total. The van der Waals surface area contributed by atoms with Crippen molar-refractivity contribution in [3.05, 3.63) is 33.8 Å². The number of rotatable bonds is 2. The molecule has 19 heavy (non-hydrogen) atoms. The van der Waals surface area contributed by atoms with Gasteiger partial charge in [-0.3, -0.25) is 4.90 Å². The van der Waals surface area contributed by atoms with E-state index in [4.69, 9.17) is 23.2 Å². The summed E-state index contributed by atoms with van der Waals surface area (Å²) in [4.78, 5) is 2.56. The SMILES string of the molecule is CC1(C)C2CNCC2CN1Cc1cccc(Cl)c1Cl. The van der Waals surface area contributed by atoms with E-state index in [1.165, 1.54) is 0 Å². The summed E-state index contributed by atoms with van der Waals surface area (Å²) in [6.07, 6.45) is 0. The second-order valence-corrected chi connectivity index (χ2v) is 7.06. The van der Waals surface area contributed by atoms with Crippen LogP contribution in [0.1, 0.15) is 19.4 Å². The molecule has 2 fully saturated rings. The van der Waals surface area contributed by atoms with E-state index in [0.717, 1.165) is 43.6 Å². The van der Waals surface area contributed by atoms with E-state index < -0.39 is 0 Å². The molecule has 0 amide bonds. The van der Waals surface area contributed by atoms with Gasteiger partial charge in [0.25, 0.3) is 0 Å². The van der Waals surface area contributed by atoms with Crippen LogP contribution in [0.4, 0.5) is 0 Å². The zero-order valence-electron chi connectivity index (χ0n) is 11.4. The normalized spacial score (nSPS) is 29.7. The van der Waals surface area contributed by atoms with Gasteiger partial charge in [0.1, 0.15) is 0 Å². The highest BCUT2D eigenvalue weighted by Crippen LogP contribution is 2.42. The van der Waals surface area contributed by atoms with Crippen LogP contribution >= 0.6 is 23.2 Å². The number of nitrogens with zero attached hydrogens (tertiary/aromatic N) is 1. The standard InChI is InChI=1S/C15H20Cl2N2/c1-15(2)12-7-18-6-11(12)9-19(15)8-10-4-3-5-13(16)14(10)17/h3-5,11-12,18H,6-9H2,1-2H3. The highest BCUT2D eigenvalue weighted by atomic mass is 35.5. The van der Waals surface area contributed by atoms with Gasteiger partial charge in [-0.2, -0.15) is 0 Å². The molecule has 2 aliphatic rings. The zero-order chi connectivity index (χ0) is 13.6. The summed E-state index contributed by atoms with van der Waals surface area (Å²) in [6.45, 7) is 9.02. The molecule has 0 saturated carbocycles. The largest absolute Gasteiger partial charge is 0.316 e. The lowest BCUT2D eigenvalue weighted by Crippen LogP contribution is -2.43. The van der Waals surface area contributed by atoms with Gasteiger partial charge in [0, 0.05) is 25.2 Å². The van der Waals surface area contributed by atoms with Crippen LogP contribution in [0.5, 0.6) is 0 Å². The zero-order valence-corrected chi connectivity index (χ0v) is 12.9. The van der Waals surface area contributed by atoms with Gasteiger partial charge >= 0.3 is 0 Å². The van der Waals surface area contributed by atoms with Crippen molar-refractivity contribution in [3.8, 4) is 0 Å². The molecular weight excluding hydrogens is 279 g/mol. The first-order valence-electron chi connectivity index (χ1n) is 6.89. The quantitative estimate of drug-likeness (QED) is 0.900. The van der Waals surface area contributed by atoms with Crippen LogP contribution in [-0.2, 0) is 6.54 Å². The third kappa shape index (κ3) is 2.29. The molecule has 0 radical (unpaired) electrons. The van der Waals surface area contributed by atoms with E-state index >= 15 is 0 Å². The maximum atomic E-state index is 6.31. The van der Waals surface area contributed by atoms with Crippen molar-refractivity contribution < 1.29 is 0 Å². The Kier molecular flexibility index (Phi) is 3.55. The van der Waals surface area contributed by atoms with Crippen molar-refractivity contribution in [2.24, 2.45) is 11.8 Å². The number of hydrogen-bond acceptors (Lipinski definition) is 2. The van der Waals surface area contributed by atoms with Gasteiger partial charge in [0.05, 0.1) is 10.0 Å². The summed E-state index contributed by atoms with van der Waals surface area (Å²) in [5, 5.41) is 4.87. The minimum Gasteiger partial charge on any atom is -0.316 e. The molecule has 104 valence electrons. The number of likely N-dealkylation sites (tertiary alicyclic amines) is 1. The summed E-state index contributed by atoms with van der Waals surface area (Å²) in [6, 6.07) is 5.91. The molecule has 2 heterocycles. The second-order valence-electron chi connectivity index (χ2n) is 6.27. The second kappa shape index (κ2) is 4.92. The van der Waals surface area contributed by atoms with Gasteiger partial charge in [-0.05, 0) is 43.9 Å². The molecular formula is C15H20Cl2N2. The average molecular weight is 299 g/mol. The molecule has 2 unspecified atom stereocenters. The Bertz CT molecular complexity index is 487. The Balaban J connectivity index is 1.82. The molecule has 2 aliphatic heterocycles. The molecule has 0 aliphatic carbocycles. The molecule has 1 aromatic carbocycles. The summed E-state index contributed by atoms with van der Waals surface area (Å²) < 4.78 is 0. The van der Waals surface area contributed by atoms with Crippen molar-refractivity contribution in [3.63, 3.8) is 0 Å². The first-order valence-corrected chi connectivity index (χ1v) is 7.64. The van der Waals surface area contributed by atoms with Crippen LogP contribution in [0.3, 0.4) is 0 Å². The molecule has 0 bridgehead atoms. The highest BCUT2D eigenvalue weighted by molar-refractivity contribution is 6.42. The summed E-state index contributed by atoms with van der Waals surface area (Å²) in [7, 11) is 0. The molecule has 0 spiro atoms. The number of nitrogens with one attached hydrogen (secondary N) is 1. The van der Waals surface area contributed by atoms with Crippen LogP contribution < -0.4 is 5.32 Å². The van der Waals surface area contributed by atoms with Crippen molar-refractivity contribution >= 4 is 23.2 Å². The highest BCUT2D eigenvalue weighted by Gasteiger charge is 2.49. The average Bonchev–Trinajstić information content (AvgIpc) is 2.90. The number of fused-ring (bicyclic) bond motifs is 1. The number of benzene rings is 1. The van der Waals surface area contributed by atoms with Crippen molar-refractivity contribution in [1.29, 1.82) is 0 Å². The van der Waals surface area contributed by atoms with Crippen molar-refractivity contribution in [1.82, 2.24) is 10.2 Å². The van der Waals surface area contributed by atoms with Gasteiger partial charge in [-0.1, -0.05) is 35.3 Å². The Labute approximate surface area is 125 Å². The number of halogens is 2. The summed E-state index contributed by atoms with van der Waals surface area (Å²) in [5.74, 6) is 1.51. The van der Waals surface area contributed by atoms with Crippen LogP contribution in [0.2, 0.25) is 10.0 Å². The number of hydrogen-bond donors (Lipinski definition) is 1. The van der Waals surface area contributed by atoms with Crippen LogP contribution in [-0.4, -0.2) is 30.1 Å². The molecule has 4 heteroatoms. The van der Waals surface area contributed by atoms with Gasteiger partial charge in [0.2, 0.25) is 0 Å². The van der Waals surface area contributed by atoms with E-state index in [-0.39, 0.29) is 5.54 Å². The smallest absolute Gasteiger partial charge is 0.0637 e. The van der Waals surface area contributed by atoms with Gasteiger partial charge in [-0.25, -0.2) is 0 Å². The van der Waals surface area contributed by atoms with E-state index in [1.54, 1.807) is 0 Å². The Morgan fingerprint density at radius 3 is 2.84 bits per heavy atom. The van der Waals surface area contributed by atoms with Crippen molar-refractivity contribution in [2.45, 2.75) is 25.9 Å². The third-order valence-corrected chi connectivity index (χ3v) is 5.77. The maximum absolute atomic E-state index is 6.31. The van der Waals surface area contributed by atoms with Crippen LogP contribution in [0.15, 0.2) is 18.2 Å². The van der Waals surface area contributed by atoms with Gasteiger partial charge in [0.15, 0.2) is 0 Å². The fourth-order valence-electron chi connectivity index (χ4n) is 3.65. The van der Waals surface area contributed by atoms with Gasteiger partial charge < -0.3 is 5.32 Å². The molecule has 1 aromatic rings. The van der Waals surface area contributed by atoms with Crippen molar-refractivity contribution in [2.75, 3.05) is 19.6 Å². The fraction of sp³-hybridized carbons (Fsp3) is 0.600. The summed E-state index contributed by atoms with van der Waals surface area (Å²) in [5.41, 5.74) is 1.36. The molecule has 3 rings (SSSR count). The minimum atomic E-state index is 0.222. The monoisotopic (exact) mass is 298 g/mol. The van der Waals surface area contributed by atoms with E-state index in [0.29, 0.717) is 10.0 Å². The Morgan fingerprint density at radius 2 is 2.11 bits per heavy atom. The van der Waals surface area contributed by atoms with E-state index in [1.807, 2.05) is 12.1 Å². The molecule has 2 atom stereocenters. The fourth-order valence-corrected chi connectivity index (χ4v) is 4.03. The lowest BCUT2D eigenvalue weighted by molar-refractivity contribution is 0.132. The van der Waals surface area contributed by atoms with E-state index in [2.05, 4.69) is 30.1 Å². The maximum Gasteiger partial charge on any atom is 0.0637 e. The van der Waals surface area contributed by atoms with Crippen LogP contribution in [0, 0.1) is 11.8 Å². The predicted molar refractivity (Wildman–Crippen MR) is 80.8 cm³/mol. The molecule has 0 aromatic heterocycles. The van der Waals surface area contributed by atoms with Gasteiger partial charge in [-0.15, -0.1) is 0 Å². The Morgan fingerprint density at radius 1 is 1.32 bits per heavy atom. The minimum absolute atomic E-state index is 0.222. The van der Waals surface area contributed by atoms with Crippen LogP contribution in [0.25, 0.3) is 0 Å². The third-order valence-electron chi connectivity index (χ3n) is 4.91. The predicted octanol–water partition coefficient (Wildman–Crippen LogP) is 3.42. The lowest BCUT2D eigenvalue weighted by Gasteiger charge is -2.36. The topological polar surface area (TPSA) is 15.3 Å². The first kappa shape index (κ1) is 13.7. The molecule has 2 saturated heterocycles. The lowest BCUT2D eigenvalue weighted by atomic mass is 9.85. The summed E-state index contributed by atoms with van der Waals surface area (Å²) >= 11 is 12.4. The molecule has 2 nitrogen and oxygen atoms in total. The Hall–Kier alpha value is -0.280. The van der Waals surface area contributed by atoms with E-state index in [9.17, 15) is 0 Å².